The van der Waals surface area contributed by atoms with Crippen LogP contribution in [0.25, 0.3) is 0 Å². The molecule has 2 heterocycles. The standard InChI is InChI=1S/C23H23N5OS/c1-17-16-25-23(27-22(17)30-21-4-2-3-18(15-21)9-10-24)26-19-5-7-20(8-6-19)28-11-13-29-14-12-28/h2-8,15-16H,9,11-14H2,1H3,(H,25,26,27). The summed E-state index contributed by atoms with van der Waals surface area (Å²) >= 11 is 1.58. The predicted molar refractivity (Wildman–Crippen MR) is 119 cm³/mol. The number of hydrogen-bond acceptors (Lipinski definition) is 7. The van der Waals surface area contributed by atoms with Gasteiger partial charge in [-0.3, -0.25) is 0 Å². The average Bonchev–Trinajstić information content (AvgIpc) is 2.78. The molecule has 6 nitrogen and oxygen atoms in total. The number of benzene rings is 2. The van der Waals surface area contributed by atoms with Gasteiger partial charge in [-0.05, 0) is 48.9 Å². The third kappa shape index (κ3) is 5.09. The van der Waals surface area contributed by atoms with E-state index in [1.165, 1.54) is 5.69 Å². The van der Waals surface area contributed by atoms with Gasteiger partial charge in [0.15, 0.2) is 0 Å². The van der Waals surface area contributed by atoms with Crippen molar-refractivity contribution in [3.05, 3.63) is 65.9 Å². The van der Waals surface area contributed by atoms with Crippen LogP contribution in [0.2, 0.25) is 0 Å². The lowest BCUT2D eigenvalue weighted by Crippen LogP contribution is -2.36. The van der Waals surface area contributed by atoms with Gasteiger partial charge >= 0.3 is 0 Å². The molecule has 0 atom stereocenters. The van der Waals surface area contributed by atoms with Crippen molar-refractivity contribution in [1.29, 1.82) is 5.26 Å². The minimum atomic E-state index is 0.407. The Balaban J connectivity index is 1.46. The van der Waals surface area contributed by atoms with Gasteiger partial charge in [-0.2, -0.15) is 5.26 Å². The topological polar surface area (TPSA) is 74.1 Å². The molecule has 0 amide bonds. The summed E-state index contributed by atoms with van der Waals surface area (Å²) in [6.07, 6.45) is 2.24. The van der Waals surface area contributed by atoms with Gasteiger partial charge < -0.3 is 15.0 Å². The molecule has 1 saturated heterocycles. The number of nitrogens with one attached hydrogen (secondary N) is 1. The molecule has 2 aromatic carbocycles. The van der Waals surface area contributed by atoms with E-state index >= 15 is 0 Å². The number of nitriles is 1. The number of ether oxygens (including phenoxy) is 1. The fourth-order valence-corrected chi connectivity index (χ4v) is 4.14. The number of aryl methyl sites for hydroxylation is 1. The van der Waals surface area contributed by atoms with E-state index in [9.17, 15) is 0 Å². The zero-order valence-electron chi connectivity index (χ0n) is 16.8. The van der Waals surface area contributed by atoms with Gasteiger partial charge in [-0.15, -0.1) is 0 Å². The van der Waals surface area contributed by atoms with Crippen LogP contribution < -0.4 is 10.2 Å². The normalized spacial score (nSPS) is 13.7. The van der Waals surface area contributed by atoms with Gasteiger partial charge in [-0.1, -0.05) is 23.9 Å². The number of nitrogens with zero attached hydrogens (tertiary/aromatic N) is 4. The molecule has 7 heteroatoms. The molecule has 0 bridgehead atoms. The number of morpholine rings is 1. The summed E-state index contributed by atoms with van der Waals surface area (Å²) in [5, 5.41) is 13.1. The summed E-state index contributed by atoms with van der Waals surface area (Å²) in [5.74, 6) is 0.565. The first-order chi connectivity index (χ1) is 14.7. The Labute approximate surface area is 180 Å². The number of aromatic nitrogens is 2. The molecule has 152 valence electrons. The van der Waals surface area contributed by atoms with Gasteiger partial charge in [0.25, 0.3) is 0 Å². The molecule has 1 aliphatic rings. The Bertz CT molecular complexity index is 1040. The van der Waals surface area contributed by atoms with E-state index in [0.29, 0.717) is 12.4 Å². The lowest BCUT2D eigenvalue weighted by Gasteiger charge is -2.28. The summed E-state index contributed by atoms with van der Waals surface area (Å²) in [6.45, 7) is 5.39. The van der Waals surface area contributed by atoms with Crippen LogP contribution in [0.3, 0.4) is 0 Å². The van der Waals surface area contributed by atoms with Gasteiger partial charge in [0.1, 0.15) is 5.03 Å². The molecule has 0 aliphatic carbocycles. The van der Waals surface area contributed by atoms with Gasteiger partial charge in [0, 0.05) is 41.1 Å². The summed E-state index contributed by atoms with van der Waals surface area (Å²) in [7, 11) is 0. The fraction of sp³-hybridized carbons (Fsp3) is 0.261. The predicted octanol–water partition coefficient (Wildman–Crippen LogP) is 4.58. The number of rotatable bonds is 6. The number of hydrogen-bond donors (Lipinski definition) is 1. The zero-order valence-corrected chi connectivity index (χ0v) is 17.7. The summed E-state index contributed by atoms with van der Waals surface area (Å²) in [5.41, 5.74) is 4.16. The highest BCUT2D eigenvalue weighted by molar-refractivity contribution is 7.99. The first-order valence-electron chi connectivity index (χ1n) is 9.88. The van der Waals surface area contributed by atoms with E-state index in [0.717, 1.165) is 53.0 Å². The summed E-state index contributed by atoms with van der Waals surface area (Å²) in [4.78, 5) is 12.5. The second-order valence-corrected chi connectivity index (χ2v) is 8.10. The monoisotopic (exact) mass is 417 g/mol. The summed E-state index contributed by atoms with van der Waals surface area (Å²) < 4.78 is 5.42. The molecule has 1 aliphatic heterocycles. The van der Waals surface area contributed by atoms with E-state index in [-0.39, 0.29) is 0 Å². The molecule has 0 radical (unpaired) electrons. The Morgan fingerprint density at radius 3 is 2.73 bits per heavy atom. The molecular formula is C23H23N5OS. The minimum absolute atomic E-state index is 0.407. The van der Waals surface area contributed by atoms with Crippen molar-refractivity contribution < 1.29 is 4.74 Å². The van der Waals surface area contributed by atoms with Crippen molar-refractivity contribution in [1.82, 2.24) is 9.97 Å². The lowest BCUT2D eigenvalue weighted by molar-refractivity contribution is 0.122. The quantitative estimate of drug-likeness (QED) is 0.588. The third-order valence-corrected chi connectivity index (χ3v) is 5.92. The van der Waals surface area contributed by atoms with Crippen molar-refractivity contribution in [2.24, 2.45) is 0 Å². The van der Waals surface area contributed by atoms with Crippen molar-refractivity contribution in [3.8, 4) is 6.07 Å². The van der Waals surface area contributed by atoms with Crippen LogP contribution in [0.15, 0.2) is 64.6 Å². The molecular weight excluding hydrogens is 394 g/mol. The molecule has 1 N–H and O–H groups in total. The highest BCUT2D eigenvalue weighted by Gasteiger charge is 2.11. The van der Waals surface area contributed by atoms with Crippen LogP contribution in [0.5, 0.6) is 0 Å². The maximum absolute atomic E-state index is 8.92. The van der Waals surface area contributed by atoms with Crippen LogP contribution in [0, 0.1) is 18.3 Å². The van der Waals surface area contributed by atoms with E-state index in [2.05, 4.69) is 33.4 Å². The Morgan fingerprint density at radius 2 is 1.97 bits per heavy atom. The first-order valence-corrected chi connectivity index (χ1v) is 10.7. The highest BCUT2D eigenvalue weighted by atomic mass is 32.2. The second kappa shape index (κ2) is 9.61. The molecule has 30 heavy (non-hydrogen) atoms. The van der Waals surface area contributed by atoms with Gasteiger partial charge in [0.05, 0.1) is 25.7 Å². The molecule has 0 spiro atoms. The first kappa shape index (κ1) is 20.2. The van der Waals surface area contributed by atoms with Crippen LogP contribution >= 0.6 is 11.8 Å². The Hall–Kier alpha value is -3.08. The lowest BCUT2D eigenvalue weighted by atomic mass is 10.2. The van der Waals surface area contributed by atoms with Gasteiger partial charge in [0.2, 0.25) is 5.95 Å². The maximum atomic E-state index is 8.92. The molecule has 1 aromatic heterocycles. The van der Waals surface area contributed by atoms with Crippen molar-refractivity contribution in [3.63, 3.8) is 0 Å². The second-order valence-electron chi connectivity index (χ2n) is 7.04. The Morgan fingerprint density at radius 1 is 1.17 bits per heavy atom. The largest absolute Gasteiger partial charge is 0.378 e. The van der Waals surface area contributed by atoms with Crippen molar-refractivity contribution in [2.75, 3.05) is 36.5 Å². The van der Waals surface area contributed by atoms with Crippen LogP contribution in [0.4, 0.5) is 17.3 Å². The van der Waals surface area contributed by atoms with Crippen molar-refractivity contribution in [2.45, 2.75) is 23.3 Å². The molecule has 1 fully saturated rings. The number of anilines is 3. The summed E-state index contributed by atoms with van der Waals surface area (Å²) in [6, 6.07) is 18.5. The molecule has 3 aromatic rings. The highest BCUT2D eigenvalue weighted by Crippen LogP contribution is 2.30. The minimum Gasteiger partial charge on any atom is -0.378 e. The van der Waals surface area contributed by atoms with E-state index < -0.39 is 0 Å². The van der Waals surface area contributed by atoms with Gasteiger partial charge in [-0.25, -0.2) is 9.97 Å². The maximum Gasteiger partial charge on any atom is 0.228 e. The van der Waals surface area contributed by atoms with Crippen LogP contribution in [-0.4, -0.2) is 36.3 Å². The molecule has 0 saturated carbocycles. The third-order valence-electron chi connectivity index (χ3n) is 4.82. The smallest absolute Gasteiger partial charge is 0.228 e. The van der Waals surface area contributed by atoms with E-state index in [4.69, 9.17) is 15.0 Å². The fourth-order valence-electron chi connectivity index (χ4n) is 3.22. The molecule has 0 unspecified atom stereocenters. The van der Waals surface area contributed by atoms with E-state index in [1.54, 1.807) is 11.8 Å². The Kier molecular flexibility index (Phi) is 6.47. The van der Waals surface area contributed by atoms with Crippen LogP contribution in [-0.2, 0) is 11.2 Å². The zero-order chi connectivity index (χ0) is 20.8. The van der Waals surface area contributed by atoms with Crippen LogP contribution in [0.1, 0.15) is 11.1 Å². The SMILES string of the molecule is Cc1cnc(Nc2ccc(N3CCOCC3)cc2)nc1Sc1cccc(CC#N)c1. The molecule has 4 rings (SSSR count). The van der Waals surface area contributed by atoms with Crippen molar-refractivity contribution >= 4 is 29.1 Å². The average molecular weight is 418 g/mol. The van der Waals surface area contributed by atoms with E-state index in [1.807, 2.05) is 49.5 Å².